The van der Waals surface area contributed by atoms with Gasteiger partial charge < -0.3 is 15.3 Å². The molecule has 0 spiro atoms. The second-order valence-electron chi connectivity index (χ2n) is 4.26. The van der Waals surface area contributed by atoms with E-state index in [9.17, 15) is 33.3 Å². The van der Waals surface area contributed by atoms with Crippen LogP contribution in [0.5, 0.6) is 17.2 Å². The van der Waals surface area contributed by atoms with E-state index < -0.39 is 29.0 Å². The number of carbonyl (C=O) groups excluding carboxylic acids is 1. The molecule has 23 heavy (non-hydrogen) atoms. The first kappa shape index (κ1) is 18.3. The largest absolute Gasteiger partial charge is 0.508 e. The van der Waals surface area contributed by atoms with E-state index >= 15 is 0 Å². The number of phenolic OH excluding ortho intramolecular Hbond substituents is 3. The molecule has 0 bridgehead atoms. The highest BCUT2D eigenvalue weighted by Crippen LogP contribution is 2.40. The van der Waals surface area contributed by atoms with Crippen LogP contribution in [0, 0.1) is 0 Å². The van der Waals surface area contributed by atoms with Gasteiger partial charge in [0.15, 0.2) is 0 Å². The maximum Gasteiger partial charge on any atom is 0.454 e. The minimum absolute atomic E-state index is 0.0567. The molecular weight excluding hydrogens is 313 g/mol. The fourth-order valence-electron chi connectivity index (χ4n) is 1.85. The molecule has 7 heteroatoms. The van der Waals surface area contributed by atoms with Gasteiger partial charge >= 0.3 is 6.18 Å². The lowest BCUT2D eigenvalue weighted by Gasteiger charge is -2.09. The smallest absolute Gasteiger partial charge is 0.454 e. The number of phenols is 3. The monoisotopic (exact) mass is 328 g/mol. The summed E-state index contributed by atoms with van der Waals surface area (Å²) in [7, 11) is 0. The highest BCUT2D eigenvalue weighted by Gasteiger charge is 2.39. The van der Waals surface area contributed by atoms with Crippen molar-refractivity contribution in [3.8, 4) is 28.4 Å². The first-order valence-corrected chi connectivity index (χ1v) is 6.67. The molecule has 0 aliphatic rings. The summed E-state index contributed by atoms with van der Waals surface area (Å²) in [5.74, 6) is -3.23. The molecule has 0 heterocycles. The summed E-state index contributed by atoms with van der Waals surface area (Å²) in [6, 6.07) is 6.15. The van der Waals surface area contributed by atoms with Crippen LogP contribution in [0.1, 0.15) is 24.2 Å². The number of aromatic hydroxyl groups is 3. The maximum absolute atomic E-state index is 12.3. The molecule has 0 aliphatic carbocycles. The normalized spacial score (nSPS) is 10.7. The number of benzene rings is 2. The zero-order chi connectivity index (χ0) is 17.8. The Morgan fingerprint density at radius 1 is 0.913 bits per heavy atom. The molecule has 0 radical (unpaired) electrons. The second-order valence-corrected chi connectivity index (χ2v) is 4.26. The lowest BCUT2D eigenvalue weighted by molar-refractivity contribution is -0.0885. The number of ketones is 1. The van der Waals surface area contributed by atoms with Crippen LogP contribution in [0.2, 0.25) is 0 Å². The van der Waals surface area contributed by atoms with Crippen molar-refractivity contribution in [2.75, 3.05) is 0 Å². The van der Waals surface area contributed by atoms with E-state index in [1.54, 1.807) is 0 Å². The number of halogens is 3. The van der Waals surface area contributed by atoms with Gasteiger partial charge in [0.1, 0.15) is 17.2 Å². The molecular formula is C16H15F3O4. The fourth-order valence-corrected chi connectivity index (χ4v) is 1.85. The van der Waals surface area contributed by atoms with Crippen molar-refractivity contribution in [3.05, 3.63) is 42.0 Å². The Hall–Kier alpha value is -2.70. The number of carbonyl (C=O) groups is 1. The Bertz CT molecular complexity index is 668. The third-order valence-corrected chi connectivity index (χ3v) is 2.77. The predicted molar refractivity (Wildman–Crippen MR) is 78.6 cm³/mol. The van der Waals surface area contributed by atoms with E-state index in [0.717, 1.165) is 36.4 Å². The Kier molecular flexibility index (Phi) is 5.62. The average molecular weight is 328 g/mol. The molecule has 0 amide bonds. The number of rotatable bonds is 2. The minimum atomic E-state index is -4.97. The topological polar surface area (TPSA) is 77.8 Å². The molecule has 4 nitrogen and oxygen atoms in total. The second kappa shape index (κ2) is 7.04. The van der Waals surface area contributed by atoms with Gasteiger partial charge in [-0.2, -0.15) is 13.2 Å². The van der Waals surface area contributed by atoms with Gasteiger partial charge in [-0.05, 0) is 5.56 Å². The molecule has 0 aliphatic heterocycles. The van der Waals surface area contributed by atoms with Crippen molar-refractivity contribution < 1.29 is 33.3 Å². The minimum Gasteiger partial charge on any atom is -0.508 e. The van der Waals surface area contributed by atoms with Crippen LogP contribution in [0.4, 0.5) is 13.2 Å². The van der Waals surface area contributed by atoms with E-state index in [1.165, 1.54) is 0 Å². The van der Waals surface area contributed by atoms with Gasteiger partial charge in [0.25, 0.3) is 5.78 Å². The number of hydrogen-bond donors (Lipinski definition) is 3. The summed E-state index contributed by atoms with van der Waals surface area (Å²) in [6.45, 7) is 4.00. The van der Waals surface area contributed by atoms with Gasteiger partial charge in [-0.1, -0.05) is 38.1 Å². The van der Waals surface area contributed by atoms with Crippen molar-refractivity contribution in [1.82, 2.24) is 0 Å². The van der Waals surface area contributed by atoms with Crippen LogP contribution in [-0.4, -0.2) is 27.3 Å². The number of alkyl halides is 3. The molecule has 0 unspecified atom stereocenters. The van der Waals surface area contributed by atoms with Gasteiger partial charge in [0.05, 0.1) is 5.56 Å². The van der Waals surface area contributed by atoms with Gasteiger partial charge in [0.2, 0.25) is 0 Å². The average Bonchev–Trinajstić information content (AvgIpc) is 2.47. The van der Waals surface area contributed by atoms with E-state index in [4.69, 9.17) is 0 Å². The molecule has 0 saturated carbocycles. The van der Waals surface area contributed by atoms with Crippen molar-refractivity contribution >= 4 is 5.78 Å². The highest BCUT2D eigenvalue weighted by molar-refractivity contribution is 6.00. The standard InChI is InChI=1S/C14H9F3O4.C2H6/c15-14(16,17)13(21)8-3-1-7(2-4-8)12-10(19)5-9(18)6-11(12)20;1-2/h1-6,18-20H;1-2H3. The Balaban J connectivity index is 0.00000127. The molecule has 0 fully saturated rings. The summed E-state index contributed by atoms with van der Waals surface area (Å²) in [4.78, 5) is 11.0. The summed E-state index contributed by atoms with van der Waals surface area (Å²) in [6.07, 6.45) is -4.97. The van der Waals surface area contributed by atoms with Crippen LogP contribution in [-0.2, 0) is 0 Å². The molecule has 2 rings (SSSR count). The summed E-state index contributed by atoms with van der Waals surface area (Å²) in [5.41, 5.74) is -0.411. The van der Waals surface area contributed by atoms with Gasteiger partial charge in [-0.3, -0.25) is 4.79 Å². The maximum atomic E-state index is 12.3. The molecule has 2 aromatic carbocycles. The first-order chi connectivity index (χ1) is 10.7. The SMILES string of the molecule is CC.O=C(c1ccc(-c2c(O)cc(O)cc2O)cc1)C(F)(F)F. The Morgan fingerprint density at radius 2 is 1.35 bits per heavy atom. The van der Waals surface area contributed by atoms with Gasteiger partial charge in [-0.15, -0.1) is 0 Å². The molecule has 2 aromatic rings. The van der Waals surface area contributed by atoms with Crippen LogP contribution in [0.3, 0.4) is 0 Å². The van der Waals surface area contributed by atoms with Crippen LogP contribution in [0.25, 0.3) is 11.1 Å². The summed E-state index contributed by atoms with van der Waals surface area (Å²) >= 11 is 0. The van der Waals surface area contributed by atoms with Gasteiger partial charge in [0, 0.05) is 17.7 Å². The highest BCUT2D eigenvalue weighted by atomic mass is 19.4. The van der Waals surface area contributed by atoms with E-state index in [-0.39, 0.29) is 16.9 Å². The number of Topliss-reactive ketones (excluding diaryl/α,β-unsaturated/α-hetero) is 1. The van der Waals surface area contributed by atoms with Crippen molar-refractivity contribution in [3.63, 3.8) is 0 Å². The van der Waals surface area contributed by atoms with E-state index in [2.05, 4.69) is 0 Å². The lowest BCUT2D eigenvalue weighted by Crippen LogP contribution is -2.22. The van der Waals surface area contributed by atoms with Crippen LogP contribution in [0.15, 0.2) is 36.4 Å². The van der Waals surface area contributed by atoms with E-state index in [1.807, 2.05) is 13.8 Å². The molecule has 0 atom stereocenters. The Morgan fingerprint density at radius 3 is 1.74 bits per heavy atom. The van der Waals surface area contributed by atoms with Crippen molar-refractivity contribution in [2.45, 2.75) is 20.0 Å². The fraction of sp³-hybridized carbons (Fsp3) is 0.188. The quantitative estimate of drug-likeness (QED) is 0.721. The zero-order valence-corrected chi connectivity index (χ0v) is 12.3. The predicted octanol–water partition coefficient (Wildman–Crippen LogP) is 4.24. The summed E-state index contributed by atoms with van der Waals surface area (Å²) in [5, 5.41) is 28.5. The summed E-state index contributed by atoms with van der Waals surface area (Å²) < 4.78 is 36.8. The third kappa shape index (κ3) is 4.15. The Labute approximate surface area is 130 Å². The molecule has 124 valence electrons. The van der Waals surface area contributed by atoms with Crippen LogP contribution < -0.4 is 0 Å². The number of hydrogen-bond acceptors (Lipinski definition) is 4. The first-order valence-electron chi connectivity index (χ1n) is 6.67. The lowest BCUT2D eigenvalue weighted by atomic mass is 10.0. The zero-order valence-electron chi connectivity index (χ0n) is 12.3. The molecule has 0 aromatic heterocycles. The third-order valence-electron chi connectivity index (χ3n) is 2.77. The van der Waals surface area contributed by atoms with Crippen LogP contribution >= 0.6 is 0 Å². The van der Waals surface area contributed by atoms with Gasteiger partial charge in [-0.25, -0.2) is 0 Å². The molecule has 3 N–H and O–H groups in total. The van der Waals surface area contributed by atoms with Crippen molar-refractivity contribution in [1.29, 1.82) is 0 Å². The molecule has 0 saturated heterocycles. The van der Waals surface area contributed by atoms with Crippen molar-refractivity contribution in [2.24, 2.45) is 0 Å². The van der Waals surface area contributed by atoms with E-state index in [0.29, 0.717) is 0 Å².